The minimum atomic E-state index is 0.588. The highest BCUT2D eigenvalue weighted by Crippen LogP contribution is 2.42. The fraction of sp³-hybridized carbons (Fsp3) is 0. The number of thiophene rings is 1. The molecule has 0 aliphatic rings. The normalized spacial score (nSPS) is 11.9. The van der Waals surface area contributed by atoms with Gasteiger partial charge in [0.05, 0.1) is 11.0 Å². The van der Waals surface area contributed by atoms with E-state index in [-0.39, 0.29) is 0 Å². The van der Waals surface area contributed by atoms with Crippen LogP contribution in [0, 0.1) is 0 Å². The third-order valence-corrected chi connectivity index (χ3v) is 12.2. The van der Waals surface area contributed by atoms with Gasteiger partial charge in [-0.05, 0) is 83.9 Å². The third-order valence-electron chi connectivity index (χ3n) is 11.1. The van der Waals surface area contributed by atoms with Crippen LogP contribution in [0.1, 0.15) is 0 Å². The Kier molecular flexibility index (Phi) is 7.03. The summed E-state index contributed by atoms with van der Waals surface area (Å²) in [6, 6.07) is 63.8. The van der Waals surface area contributed by atoms with Gasteiger partial charge in [-0.15, -0.1) is 11.3 Å². The van der Waals surface area contributed by atoms with Crippen molar-refractivity contribution in [2.24, 2.45) is 0 Å². The van der Waals surface area contributed by atoms with Crippen LogP contribution in [0.15, 0.2) is 186 Å². The van der Waals surface area contributed by atoms with Gasteiger partial charge in [-0.25, -0.2) is 15.0 Å². The maximum Gasteiger partial charge on any atom is 0.164 e. The molecule has 57 heavy (non-hydrogen) atoms. The molecule has 0 atom stereocenters. The maximum absolute atomic E-state index is 6.53. The van der Waals surface area contributed by atoms with E-state index < -0.39 is 0 Å². The van der Waals surface area contributed by atoms with Crippen molar-refractivity contribution in [2.75, 3.05) is 0 Å². The lowest BCUT2D eigenvalue weighted by atomic mass is 9.98. The molecule has 0 saturated heterocycles. The van der Waals surface area contributed by atoms with E-state index in [1.807, 2.05) is 41.7 Å². The van der Waals surface area contributed by atoms with Crippen molar-refractivity contribution in [1.29, 1.82) is 0 Å². The highest BCUT2D eigenvalue weighted by atomic mass is 32.1. The number of para-hydroxylation sites is 2. The molecule has 0 N–H and O–H groups in total. The highest BCUT2D eigenvalue weighted by Gasteiger charge is 2.18. The Morgan fingerprint density at radius 3 is 1.86 bits per heavy atom. The highest BCUT2D eigenvalue weighted by molar-refractivity contribution is 7.25. The molecule has 0 radical (unpaired) electrons. The number of hydrogen-bond acceptors (Lipinski definition) is 5. The summed E-state index contributed by atoms with van der Waals surface area (Å²) in [5.41, 5.74) is 10.1. The van der Waals surface area contributed by atoms with E-state index in [0.29, 0.717) is 17.5 Å². The Balaban J connectivity index is 0.998. The molecule has 12 aromatic rings. The van der Waals surface area contributed by atoms with E-state index in [1.54, 1.807) is 0 Å². The summed E-state index contributed by atoms with van der Waals surface area (Å²) in [5, 5.41) is 7.04. The summed E-state index contributed by atoms with van der Waals surface area (Å²) in [5.74, 6) is 1.82. The number of benzene rings is 8. The molecule has 4 heterocycles. The monoisotopic (exact) mass is 746 g/mol. The Hall–Kier alpha value is -7.41. The van der Waals surface area contributed by atoms with Crippen molar-refractivity contribution in [3.63, 3.8) is 0 Å². The van der Waals surface area contributed by atoms with E-state index in [4.69, 9.17) is 19.4 Å². The van der Waals surface area contributed by atoms with Gasteiger partial charge in [-0.2, -0.15) is 0 Å². The lowest BCUT2D eigenvalue weighted by molar-refractivity contribution is 0.669. The topological polar surface area (TPSA) is 56.7 Å². The second-order valence-corrected chi connectivity index (χ2v) is 15.5. The molecule has 0 unspecified atom stereocenters. The van der Waals surface area contributed by atoms with Crippen LogP contribution in [-0.2, 0) is 0 Å². The Morgan fingerprint density at radius 2 is 1.02 bits per heavy atom. The summed E-state index contributed by atoms with van der Waals surface area (Å²) >= 11 is 1.84. The van der Waals surface area contributed by atoms with Crippen LogP contribution in [0.25, 0.3) is 115 Å². The van der Waals surface area contributed by atoms with Gasteiger partial charge in [0, 0.05) is 64.1 Å². The summed E-state index contributed by atoms with van der Waals surface area (Å²) in [7, 11) is 0. The average Bonchev–Trinajstić information content (AvgIpc) is 3.95. The lowest BCUT2D eigenvalue weighted by Crippen LogP contribution is -2.00. The Bertz CT molecular complexity index is 3530. The van der Waals surface area contributed by atoms with E-state index in [0.717, 1.165) is 60.7 Å². The van der Waals surface area contributed by atoms with Crippen LogP contribution in [-0.4, -0.2) is 19.5 Å². The number of rotatable bonds is 5. The Labute approximate surface area is 330 Å². The summed E-state index contributed by atoms with van der Waals surface area (Å²) in [6.07, 6.45) is 0. The SMILES string of the molecule is c1ccc(-c2nc(-c3ccc4c(c3)oc3ccc(-c5cccc6sc7ccccc7c56)cc34)nc(-c3ccc4c(c3)c3ccccc3n4-c3ccccc3)n2)cc1. The molecular formula is C51H30N4OS. The first kappa shape index (κ1) is 31.9. The van der Waals surface area contributed by atoms with Gasteiger partial charge in [0.25, 0.3) is 0 Å². The molecule has 0 bridgehead atoms. The first-order valence-corrected chi connectivity index (χ1v) is 19.8. The quantitative estimate of drug-likeness (QED) is 0.176. The van der Waals surface area contributed by atoms with Gasteiger partial charge >= 0.3 is 0 Å². The van der Waals surface area contributed by atoms with Gasteiger partial charge in [0.2, 0.25) is 0 Å². The van der Waals surface area contributed by atoms with Crippen LogP contribution in [0.4, 0.5) is 0 Å². The molecule has 0 aliphatic carbocycles. The molecule has 0 fully saturated rings. The Morgan fingerprint density at radius 1 is 0.386 bits per heavy atom. The van der Waals surface area contributed by atoms with Crippen LogP contribution in [0.2, 0.25) is 0 Å². The van der Waals surface area contributed by atoms with Crippen molar-refractivity contribution < 1.29 is 4.42 Å². The minimum Gasteiger partial charge on any atom is -0.456 e. The zero-order chi connectivity index (χ0) is 37.5. The predicted molar refractivity (Wildman–Crippen MR) is 236 cm³/mol. The summed E-state index contributed by atoms with van der Waals surface area (Å²) in [4.78, 5) is 15.3. The van der Waals surface area contributed by atoms with Gasteiger partial charge in [-0.1, -0.05) is 109 Å². The van der Waals surface area contributed by atoms with E-state index >= 15 is 0 Å². The molecule has 5 nitrogen and oxygen atoms in total. The summed E-state index contributed by atoms with van der Waals surface area (Å²) < 4.78 is 11.4. The van der Waals surface area contributed by atoms with Crippen molar-refractivity contribution in [3.05, 3.63) is 182 Å². The molecular weight excluding hydrogens is 717 g/mol. The summed E-state index contributed by atoms with van der Waals surface area (Å²) in [6.45, 7) is 0. The second kappa shape index (κ2) is 12.6. The molecule has 0 amide bonds. The molecule has 0 aliphatic heterocycles. The van der Waals surface area contributed by atoms with Crippen LogP contribution >= 0.6 is 11.3 Å². The first-order chi connectivity index (χ1) is 28.2. The van der Waals surface area contributed by atoms with Gasteiger partial charge in [0.15, 0.2) is 17.5 Å². The minimum absolute atomic E-state index is 0.588. The van der Waals surface area contributed by atoms with Crippen LogP contribution in [0.5, 0.6) is 0 Å². The molecule has 8 aromatic carbocycles. The fourth-order valence-electron chi connectivity index (χ4n) is 8.42. The zero-order valence-electron chi connectivity index (χ0n) is 30.4. The number of fused-ring (bicyclic) bond motifs is 9. The maximum atomic E-state index is 6.53. The smallest absolute Gasteiger partial charge is 0.164 e. The molecule has 0 spiro atoms. The van der Waals surface area contributed by atoms with Crippen molar-refractivity contribution >= 4 is 75.3 Å². The van der Waals surface area contributed by atoms with Gasteiger partial charge in [0.1, 0.15) is 11.2 Å². The largest absolute Gasteiger partial charge is 0.456 e. The molecule has 4 aromatic heterocycles. The number of aromatic nitrogens is 4. The van der Waals surface area contributed by atoms with Crippen molar-refractivity contribution in [1.82, 2.24) is 19.5 Å². The lowest BCUT2D eigenvalue weighted by Gasteiger charge is -2.10. The number of furan rings is 1. The van der Waals surface area contributed by atoms with Gasteiger partial charge < -0.3 is 8.98 Å². The van der Waals surface area contributed by atoms with E-state index in [9.17, 15) is 0 Å². The van der Waals surface area contributed by atoms with Crippen LogP contribution in [0.3, 0.4) is 0 Å². The van der Waals surface area contributed by atoms with E-state index in [1.165, 1.54) is 36.7 Å². The van der Waals surface area contributed by atoms with Crippen LogP contribution < -0.4 is 0 Å². The fourth-order valence-corrected chi connectivity index (χ4v) is 9.55. The second-order valence-electron chi connectivity index (χ2n) is 14.4. The van der Waals surface area contributed by atoms with E-state index in [2.05, 4.69) is 156 Å². The molecule has 0 saturated carbocycles. The molecule has 12 rings (SSSR count). The van der Waals surface area contributed by atoms with Crippen molar-refractivity contribution in [2.45, 2.75) is 0 Å². The molecule has 6 heteroatoms. The first-order valence-electron chi connectivity index (χ1n) is 19.0. The number of nitrogens with zero attached hydrogens (tertiary/aromatic N) is 4. The average molecular weight is 747 g/mol. The van der Waals surface area contributed by atoms with Gasteiger partial charge in [-0.3, -0.25) is 0 Å². The zero-order valence-corrected chi connectivity index (χ0v) is 31.2. The number of hydrogen-bond donors (Lipinski definition) is 0. The van der Waals surface area contributed by atoms with Crippen molar-refractivity contribution in [3.8, 4) is 51.0 Å². The standard InChI is InChI=1S/C51H30N4OS/c1-3-12-31(13-4-1)49-52-50(33-23-26-43-40(29-33)37-16-7-9-19-42(37)55(43)35-14-5-2-6-15-35)54-51(53-49)34-22-25-38-41-28-32(24-27-44(41)56-45(38)30-34)36-18-11-21-47-48(36)39-17-8-10-20-46(39)57-47/h1-30H. The third kappa shape index (κ3) is 5.12. The molecule has 266 valence electrons. The predicted octanol–water partition coefficient (Wildman–Crippen LogP) is 13.9.